The number of hydrogen-bond donors (Lipinski definition) is 2. The van der Waals surface area contributed by atoms with Gasteiger partial charge in [0.2, 0.25) is 0 Å². The molecule has 6 heteroatoms. The lowest BCUT2D eigenvalue weighted by atomic mass is 10.0. The molecule has 1 amide bonds. The van der Waals surface area contributed by atoms with Crippen LogP contribution in [0, 0.1) is 5.82 Å². The molecule has 1 aromatic carbocycles. The zero-order valence-electron chi connectivity index (χ0n) is 14.6. The highest BCUT2D eigenvalue weighted by molar-refractivity contribution is 5.68. The summed E-state index contributed by atoms with van der Waals surface area (Å²) in [4.78, 5) is 13.9. The lowest BCUT2D eigenvalue weighted by molar-refractivity contribution is 0.0187. The van der Waals surface area contributed by atoms with Crippen LogP contribution >= 0.6 is 0 Å². The van der Waals surface area contributed by atoms with E-state index in [9.17, 15) is 9.18 Å². The maximum atomic E-state index is 13.4. The van der Waals surface area contributed by atoms with Crippen LogP contribution in [0.3, 0.4) is 0 Å². The van der Waals surface area contributed by atoms with Crippen LogP contribution in [0.25, 0.3) is 0 Å². The van der Waals surface area contributed by atoms with E-state index in [1.807, 2.05) is 20.8 Å². The molecule has 134 valence electrons. The van der Waals surface area contributed by atoms with E-state index >= 15 is 0 Å². The minimum absolute atomic E-state index is 0.175. The topological polar surface area (TPSA) is 61.8 Å². The minimum atomic E-state index is -0.494. The highest BCUT2D eigenvalue weighted by Crippen LogP contribution is 2.16. The number of amides is 1. The van der Waals surface area contributed by atoms with Crippen LogP contribution in [0.15, 0.2) is 18.2 Å². The van der Waals surface area contributed by atoms with E-state index < -0.39 is 11.4 Å². The Labute approximate surface area is 142 Å². The Kier molecular flexibility index (Phi) is 6.18. The van der Waals surface area contributed by atoms with Crippen molar-refractivity contribution in [1.29, 1.82) is 0 Å². The van der Waals surface area contributed by atoms with E-state index in [1.165, 1.54) is 6.07 Å². The maximum Gasteiger partial charge on any atom is 0.410 e. The predicted molar refractivity (Wildman–Crippen MR) is 90.0 cm³/mol. The molecule has 24 heavy (non-hydrogen) atoms. The van der Waals surface area contributed by atoms with E-state index in [0.29, 0.717) is 25.2 Å². The Morgan fingerprint density at radius 1 is 1.46 bits per heavy atom. The third-order valence-electron chi connectivity index (χ3n) is 3.95. The van der Waals surface area contributed by atoms with Crippen LogP contribution in [0.5, 0.6) is 0 Å². The summed E-state index contributed by atoms with van der Waals surface area (Å²) in [6.07, 6.45) is 1.62. The first kappa shape index (κ1) is 18.7. The van der Waals surface area contributed by atoms with Gasteiger partial charge in [-0.2, -0.15) is 0 Å². The molecule has 1 aliphatic rings. The van der Waals surface area contributed by atoms with Gasteiger partial charge < -0.3 is 20.1 Å². The summed E-state index contributed by atoms with van der Waals surface area (Å²) < 4.78 is 18.8. The van der Waals surface area contributed by atoms with Crippen LogP contribution in [0.4, 0.5) is 9.18 Å². The minimum Gasteiger partial charge on any atom is -0.444 e. The lowest BCUT2D eigenvalue weighted by Gasteiger charge is -2.34. The van der Waals surface area contributed by atoms with Gasteiger partial charge in [0, 0.05) is 31.2 Å². The van der Waals surface area contributed by atoms with Crippen LogP contribution in [0.2, 0.25) is 0 Å². The average Bonchev–Trinajstić information content (AvgIpc) is 2.53. The molecule has 1 aromatic rings. The first-order valence-corrected chi connectivity index (χ1v) is 8.38. The Balaban J connectivity index is 1.88. The number of likely N-dealkylation sites (tertiary alicyclic amines) is 1. The van der Waals surface area contributed by atoms with Gasteiger partial charge in [-0.25, -0.2) is 9.18 Å². The van der Waals surface area contributed by atoms with Gasteiger partial charge in [-0.3, -0.25) is 0 Å². The molecule has 2 rings (SSSR count). The third kappa shape index (κ3) is 5.46. The van der Waals surface area contributed by atoms with Gasteiger partial charge >= 0.3 is 6.09 Å². The van der Waals surface area contributed by atoms with Gasteiger partial charge in [-0.15, -0.1) is 0 Å². The molecule has 0 unspecified atom stereocenters. The molecular weight excluding hydrogens is 311 g/mol. The lowest BCUT2D eigenvalue weighted by Crippen LogP contribution is -2.49. The molecule has 1 fully saturated rings. The molecule has 0 radical (unpaired) electrons. The molecule has 1 atom stereocenters. The number of carbonyl (C=O) groups excluding carboxylic acids is 1. The number of piperidine rings is 1. The quantitative estimate of drug-likeness (QED) is 0.886. The molecule has 1 heterocycles. The number of ether oxygens (including phenoxy) is 1. The normalized spacial score (nSPS) is 18.5. The number of aliphatic hydroxyl groups excluding tert-OH is 1. The van der Waals surface area contributed by atoms with Gasteiger partial charge in [0.15, 0.2) is 0 Å². The van der Waals surface area contributed by atoms with Crippen molar-refractivity contribution in [1.82, 2.24) is 10.2 Å². The zero-order valence-corrected chi connectivity index (χ0v) is 14.6. The van der Waals surface area contributed by atoms with Gasteiger partial charge in [-0.05, 0) is 51.3 Å². The second kappa shape index (κ2) is 7.94. The largest absolute Gasteiger partial charge is 0.444 e. The SMILES string of the molecule is CC(C)(C)OC(=O)N1CCC[C@@H](NCc2ccc(F)c(CO)c2)C1. The molecular formula is C18H27FN2O3. The fourth-order valence-electron chi connectivity index (χ4n) is 2.76. The summed E-state index contributed by atoms with van der Waals surface area (Å²) in [5.74, 6) is -0.394. The Morgan fingerprint density at radius 2 is 2.21 bits per heavy atom. The fourth-order valence-corrected chi connectivity index (χ4v) is 2.76. The average molecular weight is 338 g/mol. The molecule has 0 aliphatic carbocycles. The van der Waals surface area contributed by atoms with Crippen LogP contribution < -0.4 is 5.32 Å². The van der Waals surface area contributed by atoms with Crippen molar-refractivity contribution in [3.05, 3.63) is 35.1 Å². The summed E-state index contributed by atoms with van der Waals surface area (Å²) in [5, 5.41) is 12.5. The van der Waals surface area contributed by atoms with Gasteiger partial charge in [0.25, 0.3) is 0 Å². The first-order valence-electron chi connectivity index (χ1n) is 8.38. The number of benzene rings is 1. The van der Waals surface area contributed by atoms with E-state index in [2.05, 4.69) is 5.32 Å². The van der Waals surface area contributed by atoms with Crippen LogP contribution in [-0.4, -0.2) is 40.8 Å². The van der Waals surface area contributed by atoms with Crippen LogP contribution in [0.1, 0.15) is 44.7 Å². The standard InChI is InChI=1S/C18H27FN2O3/c1-18(2,3)24-17(23)21-8-4-5-15(11-21)20-10-13-6-7-16(19)14(9-13)12-22/h6-7,9,15,20,22H,4-5,8,10-12H2,1-3H3/t15-/m1/s1. The summed E-state index contributed by atoms with van der Waals surface area (Å²) in [7, 11) is 0. The molecule has 1 aliphatic heterocycles. The van der Waals surface area contributed by atoms with Gasteiger partial charge in [0.1, 0.15) is 11.4 Å². The smallest absolute Gasteiger partial charge is 0.410 e. The van der Waals surface area contributed by atoms with E-state index in [0.717, 1.165) is 18.4 Å². The predicted octanol–water partition coefficient (Wildman–Crippen LogP) is 2.81. The second-order valence-electron chi connectivity index (χ2n) is 7.23. The summed E-state index contributed by atoms with van der Waals surface area (Å²) >= 11 is 0. The van der Waals surface area contributed by atoms with Crippen LogP contribution in [-0.2, 0) is 17.9 Å². The molecule has 5 nitrogen and oxygen atoms in total. The molecule has 2 N–H and O–H groups in total. The third-order valence-corrected chi connectivity index (χ3v) is 3.95. The van der Waals surface area contributed by atoms with Crippen molar-refractivity contribution < 1.29 is 19.0 Å². The van der Waals surface area contributed by atoms with Crippen molar-refractivity contribution in [2.24, 2.45) is 0 Å². The number of hydrogen-bond acceptors (Lipinski definition) is 4. The number of aliphatic hydroxyl groups is 1. The highest BCUT2D eigenvalue weighted by Gasteiger charge is 2.27. The van der Waals surface area contributed by atoms with Crippen molar-refractivity contribution in [3.8, 4) is 0 Å². The number of nitrogens with one attached hydrogen (secondary N) is 1. The fraction of sp³-hybridized carbons (Fsp3) is 0.611. The Bertz CT molecular complexity index is 572. The van der Waals surface area contributed by atoms with Crippen molar-refractivity contribution in [2.75, 3.05) is 13.1 Å². The monoisotopic (exact) mass is 338 g/mol. The molecule has 0 saturated carbocycles. The van der Waals surface area contributed by atoms with Crippen molar-refractivity contribution in [3.63, 3.8) is 0 Å². The number of nitrogens with zero attached hydrogens (tertiary/aromatic N) is 1. The Hall–Kier alpha value is -1.66. The summed E-state index contributed by atoms with van der Waals surface area (Å²) in [6, 6.07) is 4.91. The zero-order chi connectivity index (χ0) is 17.7. The molecule has 0 spiro atoms. The van der Waals surface area contributed by atoms with Gasteiger partial charge in [0.05, 0.1) is 6.61 Å². The maximum absolute atomic E-state index is 13.4. The molecule has 0 aromatic heterocycles. The number of rotatable bonds is 4. The summed E-state index contributed by atoms with van der Waals surface area (Å²) in [5.41, 5.74) is 0.717. The summed E-state index contributed by atoms with van der Waals surface area (Å²) in [6.45, 7) is 7.14. The van der Waals surface area contributed by atoms with E-state index in [-0.39, 0.29) is 18.7 Å². The van der Waals surface area contributed by atoms with E-state index in [1.54, 1.807) is 17.0 Å². The Morgan fingerprint density at radius 3 is 2.88 bits per heavy atom. The number of halogens is 1. The van der Waals surface area contributed by atoms with Crippen molar-refractivity contribution in [2.45, 2.75) is 58.4 Å². The van der Waals surface area contributed by atoms with Gasteiger partial charge in [-0.1, -0.05) is 6.07 Å². The van der Waals surface area contributed by atoms with E-state index in [4.69, 9.17) is 9.84 Å². The van der Waals surface area contributed by atoms with Crippen molar-refractivity contribution >= 4 is 6.09 Å². The second-order valence-corrected chi connectivity index (χ2v) is 7.23. The first-order chi connectivity index (χ1) is 11.3. The highest BCUT2D eigenvalue weighted by atomic mass is 19.1. The molecule has 1 saturated heterocycles. The number of carbonyl (C=O) groups is 1. The molecule has 0 bridgehead atoms.